The second-order valence-corrected chi connectivity index (χ2v) is 6.53. The summed E-state index contributed by atoms with van der Waals surface area (Å²) in [6, 6.07) is 9.39. The third-order valence-electron chi connectivity index (χ3n) is 4.05. The van der Waals surface area contributed by atoms with Crippen LogP contribution in [0.2, 0.25) is 0 Å². The lowest BCUT2D eigenvalue weighted by Crippen LogP contribution is -2.40. The maximum absolute atomic E-state index is 12.0. The molecule has 0 bridgehead atoms. The molecule has 1 aromatic carbocycles. The van der Waals surface area contributed by atoms with E-state index in [1.807, 2.05) is 30.3 Å². The Labute approximate surface area is 136 Å². The Kier molecular flexibility index (Phi) is 5.16. The number of benzene rings is 1. The maximum atomic E-state index is 12.0. The van der Waals surface area contributed by atoms with Crippen LogP contribution in [0.3, 0.4) is 0 Å². The van der Waals surface area contributed by atoms with Crippen LogP contribution in [-0.2, 0) is 14.3 Å². The Morgan fingerprint density at radius 3 is 2.61 bits per heavy atom. The quantitative estimate of drug-likeness (QED) is 0.688. The Bertz CT molecular complexity index is 641. The second kappa shape index (κ2) is 6.92. The van der Waals surface area contributed by atoms with Gasteiger partial charge in [0.05, 0.1) is 0 Å². The molecule has 0 saturated heterocycles. The topological polar surface area (TPSA) is 63.6 Å². The number of hydrogen-bond acceptors (Lipinski definition) is 4. The molecular weight excluding hydrogens is 292 g/mol. The minimum Gasteiger partial charge on any atom is -0.452 e. The van der Waals surface area contributed by atoms with Crippen molar-refractivity contribution in [2.24, 2.45) is 5.41 Å². The highest BCUT2D eigenvalue weighted by molar-refractivity contribution is 5.96. The third-order valence-corrected chi connectivity index (χ3v) is 4.05. The first-order chi connectivity index (χ1) is 10.8. The van der Waals surface area contributed by atoms with Gasteiger partial charge >= 0.3 is 5.97 Å². The number of allylic oxidation sites excluding steroid dienone is 1. The lowest BCUT2D eigenvalue weighted by Gasteiger charge is -2.31. The van der Waals surface area contributed by atoms with Crippen molar-refractivity contribution in [1.29, 1.82) is 0 Å². The molecule has 0 spiro atoms. The van der Waals surface area contributed by atoms with Crippen molar-refractivity contribution in [3.63, 3.8) is 0 Å². The smallest absolute Gasteiger partial charge is 0.331 e. The number of Topliss-reactive ketones (excluding diaryl/α,β-unsaturated/α-hetero) is 1. The average molecular weight is 314 g/mol. The predicted molar refractivity (Wildman–Crippen MR) is 88.5 cm³/mol. The zero-order chi connectivity index (χ0) is 17.0. The van der Waals surface area contributed by atoms with Gasteiger partial charge in [0.1, 0.15) is 12.2 Å². The van der Waals surface area contributed by atoms with Gasteiger partial charge in [-0.25, -0.2) is 4.79 Å². The normalized spacial score (nSPS) is 24.2. The van der Waals surface area contributed by atoms with Crippen LogP contribution in [0.15, 0.2) is 48.1 Å². The van der Waals surface area contributed by atoms with Crippen LogP contribution in [-0.4, -0.2) is 29.1 Å². The standard InChI is InChI=1S/C19H22O4/c1-13-11-16(18(22)19(2,3)12-15(13)20)23-17(21)10-9-14-7-5-4-6-8-14/h4-11,16,18,22H,12H2,1-3H3. The van der Waals surface area contributed by atoms with Crippen LogP contribution < -0.4 is 0 Å². The molecule has 4 heteroatoms. The van der Waals surface area contributed by atoms with Gasteiger partial charge in [0, 0.05) is 17.9 Å². The van der Waals surface area contributed by atoms with Crippen LogP contribution in [0.4, 0.5) is 0 Å². The molecule has 0 aromatic heterocycles. The maximum Gasteiger partial charge on any atom is 0.331 e. The molecule has 1 aliphatic carbocycles. The van der Waals surface area contributed by atoms with E-state index in [2.05, 4.69) is 0 Å². The molecule has 122 valence electrons. The third kappa shape index (κ3) is 4.39. The van der Waals surface area contributed by atoms with Gasteiger partial charge < -0.3 is 9.84 Å². The Hall–Kier alpha value is -2.20. The predicted octanol–water partition coefficient (Wildman–Crippen LogP) is 2.92. The molecule has 0 aliphatic heterocycles. The number of rotatable bonds is 3. The van der Waals surface area contributed by atoms with Gasteiger partial charge in [-0.05, 0) is 30.2 Å². The first kappa shape index (κ1) is 17.2. The summed E-state index contributed by atoms with van der Waals surface area (Å²) in [5.74, 6) is -0.584. The number of carbonyl (C=O) groups excluding carboxylic acids is 2. The van der Waals surface area contributed by atoms with Crippen LogP contribution >= 0.6 is 0 Å². The fourth-order valence-corrected chi connectivity index (χ4v) is 2.53. The summed E-state index contributed by atoms with van der Waals surface area (Å²) >= 11 is 0. The van der Waals surface area contributed by atoms with Gasteiger partial charge in [-0.1, -0.05) is 44.2 Å². The van der Waals surface area contributed by atoms with Crippen molar-refractivity contribution in [2.75, 3.05) is 0 Å². The van der Waals surface area contributed by atoms with Crippen molar-refractivity contribution in [3.8, 4) is 0 Å². The summed E-state index contributed by atoms with van der Waals surface area (Å²) < 4.78 is 5.36. The van der Waals surface area contributed by atoms with E-state index in [0.29, 0.717) is 5.57 Å². The highest BCUT2D eigenvalue weighted by atomic mass is 16.6. The molecule has 1 aliphatic rings. The lowest BCUT2D eigenvalue weighted by molar-refractivity contribution is -0.149. The Morgan fingerprint density at radius 2 is 1.96 bits per heavy atom. The first-order valence-electron chi connectivity index (χ1n) is 7.63. The van der Waals surface area contributed by atoms with Gasteiger partial charge in [-0.15, -0.1) is 0 Å². The molecular formula is C19H22O4. The van der Waals surface area contributed by atoms with E-state index in [1.54, 1.807) is 26.8 Å². The van der Waals surface area contributed by atoms with Crippen molar-refractivity contribution < 1.29 is 19.4 Å². The largest absolute Gasteiger partial charge is 0.452 e. The van der Waals surface area contributed by atoms with Gasteiger partial charge in [0.2, 0.25) is 0 Å². The number of ether oxygens (including phenoxy) is 1. The Balaban J connectivity index is 2.12. The molecule has 2 rings (SSSR count). The minimum absolute atomic E-state index is 0.0348. The minimum atomic E-state index is -0.932. The lowest BCUT2D eigenvalue weighted by atomic mass is 9.80. The highest BCUT2D eigenvalue weighted by Crippen LogP contribution is 2.33. The molecule has 2 atom stereocenters. The molecule has 1 N–H and O–H groups in total. The number of ketones is 1. The highest BCUT2D eigenvalue weighted by Gasteiger charge is 2.39. The monoisotopic (exact) mass is 314 g/mol. The summed E-state index contributed by atoms with van der Waals surface area (Å²) in [4.78, 5) is 24.0. The fraction of sp³-hybridized carbons (Fsp3) is 0.368. The molecule has 0 radical (unpaired) electrons. The van der Waals surface area contributed by atoms with Crippen LogP contribution in [0.25, 0.3) is 6.08 Å². The average Bonchev–Trinajstić information content (AvgIpc) is 2.57. The van der Waals surface area contributed by atoms with Crippen molar-refractivity contribution in [3.05, 3.63) is 53.6 Å². The Morgan fingerprint density at radius 1 is 1.30 bits per heavy atom. The molecule has 2 unspecified atom stereocenters. The number of carbonyl (C=O) groups is 2. The number of esters is 1. The van der Waals surface area contributed by atoms with E-state index < -0.39 is 23.6 Å². The second-order valence-electron chi connectivity index (χ2n) is 6.53. The molecule has 0 fully saturated rings. The van der Waals surface area contributed by atoms with Crippen molar-refractivity contribution in [2.45, 2.75) is 39.4 Å². The number of aliphatic hydroxyl groups excluding tert-OH is 1. The zero-order valence-corrected chi connectivity index (χ0v) is 13.7. The molecule has 0 heterocycles. The molecule has 4 nitrogen and oxygen atoms in total. The summed E-state index contributed by atoms with van der Waals surface area (Å²) in [6.45, 7) is 5.27. The fourth-order valence-electron chi connectivity index (χ4n) is 2.53. The summed E-state index contributed by atoms with van der Waals surface area (Å²) in [7, 11) is 0. The van der Waals surface area contributed by atoms with Crippen molar-refractivity contribution in [1.82, 2.24) is 0 Å². The first-order valence-corrected chi connectivity index (χ1v) is 7.63. The van der Waals surface area contributed by atoms with Crippen LogP contribution in [0.5, 0.6) is 0 Å². The number of aliphatic hydroxyl groups is 1. The molecule has 23 heavy (non-hydrogen) atoms. The molecule has 0 amide bonds. The van der Waals surface area contributed by atoms with Crippen molar-refractivity contribution >= 4 is 17.8 Å². The van der Waals surface area contributed by atoms with Gasteiger partial charge in [0.15, 0.2) is 5.78 Å². The summed E-state index contributed by atoms with van der Waals surface area (Å²) in [5, 5.41) is 10.4. The van der Waals surface area contributed by atoms with Gasteiger partial charge in [-0.2, -0.15) is 0 Å². The van der Waals surface area contributed by atoms with E-state index in [-0.39, 0.29) is 12.2 Å². The van der Waals surface area contributed by atoms with E-state index in [0.717, 1.165) is 5.56 Å². The van der Waals surface area contributed by atoms with E-state index in [4.69, 9.17) is 4.74 Å². The number of hydrogen-bond donors (Lipinski definition) is 1. The SMILES string of the molecule is CC1=CC(OC(=O)C=Cc2ccccc2)C(O)C(C)(C)CC1=O. The van der Waals surface area contributed by atoms with Crippen LogP contribution in [0.1, 0.15) is 32.8 Å². The molecule has 0 saturated carbocycles. The van der Waals surface area contributed by atoms with E-state index >= 15 is 0 Å². The van der Waals surface area contributed by atoms with Gasteiger partial charge in [0.25, 0.3) is 0 Å². The zero-order valence-electron chi connectivity index (χ0n) is 13.7. The van der Waals surface area contributed by atoms with E-state index in [9.17, 15) is 14.7 Å². The molecule has 1 aromatic rings. The summed E-state index contributed by atoms with van der Waals surface area (Å²) in [6.07, 6.45) is 2.98. The van der Waals surface area contributed by atoms with Crippen LogP contribution in [0, 0.1) is 5.41 Å². The van der Waals surface area contributed by atoms with E-state index in [1.165, 1.54) is 12.2 Å². The van der Waals surface area contributed by atoms with Gasteiger partial charge in [-0.3, -0.25) is 4.79 Å². The summed E-state index contributed by atoms with van der Waals surface area (Å²) in [5.41, 5.74) is 0.743.